The summed E-state index contributed by atoms with van der Waals surface area (Å²) in [6.45, 7) is 0. The molecule has 0 unspecified atom stereocenters. The summed E-state index contributed by atoms with van der Waals surface area (Å²) in [6, 6.07) is 14.3. The molecule has 0 atom stereocenters. The van der Waals surface area contributed by atoms with Gasteiger partial charge in [-0.05, 0) is 30.3 Å². The molecule has 1 aromatic heterocycles. The lowest BCUT2D eigenvalue weighted by atomic mass is 10.1. The number of pyridine rings is 1. The SMILES string of the molecule is NC(=O)c1cn(-c2ccccc2)c2cc(Cl)ccc2c1=O. The molecule has 0 aliphatic rings. The molecule has 3 rings (SSSR count). The second-order valence-corrected chi connectivity index (χ2v) is 5.04. The fourth-order valence-corrected chi connectivity index (χ4v) is 2.44. The normalized spacial score (nSPS) is 10.7. The smallest absolute Gasteiger partial charge is 0.254 e. The number of nitrogens with two attached hydrogens (primary N) is 1. The van der Waals surface area contributed by atoms with E-state index >= 15 is 0 Å². The van der Waals surface area contributed by atoms with E-state index in [9.17, 15) is 9.59 Å². The number of hydrogen-bond donors (Lipinski definition) is 1. The van der Waals surface area contributed by atoms with Gasteiger partial charge >= 0.3 is 0 Å². The summed E-state index contributed by atoms with van der Waals surface area (Å²) in [7, 11) is 0. The lowest BCUT2D eigenvalue weighted by molar-refractivity contribution is 0.0999. The predicted molar refractivity (Wildman–Crippen MR) is 83.1 cm³/mol. The number of para-hydroxylation sites is 1. The highest BCUT2D eigenvalue weighted by atomic mass is 35.5. The summed E-state index contributed by atoms with van der Waals surface area (Å²) in [5, 5.41) is 0.915. The summed E-state index contributed by atoms with van der Waals surface area (Å²) in [5.41, 5.74) is 6.31. The van der Waals surface area contributed by atoms with Crippen LogP contribution in [-0.2, 0) is 0 Å². The van der Waals surface area contributed by atoms with E-state index in [-0.39, 0.29) is 11.0 Å². The Morgan fingerprint density at radius 3 is 2.48 bits per heavy atom. The second kappa shape index (κ2) is 5.07. The Morgan fingerprint density at radius 2 is 1.81 bits per heavy atom. The van der Waals surface area contributed by atoms with Crippen LogP contribution in [0.1, 0.15) is 10.4 Å². The summed E-state index contributed by atoms with van der Waals surface area (Å²) >= 11 is 6.03. The van der Waals surface area contributed by atoms with Crippen molar-refractivity contribution in [3.63, 3.8) is 0 Å². The van der Waals surface area contributed by atoms with E-state index in [1.165, 1.54) is 6.20 Å². The van der Waals surface area contributed by atoms with Crippen molar-refractivity contribution < 1.29 is 4.79 Å². The molecule has 1 heterocycles. The summed E-state index contributed by atoms with van der Waals surface area (Å²) in [5.74, 6) is -0.749. The van der Waals surface area contributed by atoms with Crippen molar-refractivity contribution in [3.8, 4) is 5.69 Å². The molecule has 0 aliphatic heterocycles. The Balaban J connectivity index is 2.47. The molecule has 0 spiro atoms. The molecule has 0 fully saturated rings. The molecule has 2 aromatic carbocycles. The maximum atomic E-state index is 12.3. The number of primary amides is 1. The third kappa shape index (κ3) is 2.30. The first-order chi connectivity index (χ1) is 10.1. The van der Waals surface area contributed by atoms with Gasteiger partial charge in [0, 0.05) is 22.3 Å². The van der Waals surface area contributed by atoms with Gasteiger partial charge in [0.2, 0.25) is 5.43 Å². The van der Waals surface area contributed by atoms with Crippen LogP contribution in [0.3, 0.4) is 0 Å². The lowest BCUT2D eigenvalue weighted by Gasteiger charge is -2.12. The van der Waals surface area contributed by atoms with Crippen LogP contribution in [0.4, 0.5) is 0 Å². The molecule has 0 aliphatic carbocycles. The maximum Gasteiger partial charge on any atom is 0.254 e. The minimum Gasteiger partial charge on any atom is -0.365 e. The van der Waals surface area contributed by atoms with Crippen LogP contribution in [-0.4, -0.2) is 10.5 Å². The van der Waals surface area contributed by atoms with Crippen molar-refractivity contribution in [2.24, 2.45) is 5.73 Å². The number of rotatable bonds is 2. The predicted octanol–water partition coefficient (Wildman–Crippen LogP) is 2.74. The number of fused-ring (bicyclic) bond motifs is 1. The zero-order valence-corrected chi connectivity index (χ0v) is 11.7. The Kier molecular flexibility index (Phi) is 3.23. The van der Waals surface area contributed by atoms with E-state index in [0.717, 1.165) is 5.69 Å². The topological polar surface area (TPSA) is 65.1 Å². The van der Waals surface area contributed by atoms with Crippen LogP contribution in [0.15, 0.2) is 59.5 Å². The van der Waals surface area contributed by atoms with Gasteiger partial charge in [-0.1, -0.05) is 29.8 Å². The Labute approximate surface area is 125 Å². The first kappa shape index (κ1) is 13.4. The Hall–Kier alpha value is -2.59. The highest BCUT2D eigenvalue weighted by Crippen LogP contribution is 2.21. The zero-order valence-electron chi connectivity index (χ0n) is 10.9. The lowest BCUT2D eigenvalue weighted by Crippen LogP contribution is -2.23. The van der Waals surface area contributed by atoms with E-state index in [2.05, 4.69) is 0 Å². The average Bonchev–Trinajstić information content (AvgIpc) is 2.48. The number of carbonyl (C=O) groups is 1. The van der Waals surface area contributed by atoms with Gasteiger partial charge in [-0.3, -0.25) is 9.59 Å². The van der Waals surface area contributed by atoms with Crippen LogP contribution in [0.5, 0.6) is 0 Å². The quantitative estimate of drug-likeness (QED) is 0.790. The summed E-state index contributed by atoms with van der Waals surface area (Å²) in [6.07, 6.45) is 1.46. The van der Waals surface area contributed by atoms with Crippen molar-refractivity contribution in [1.29, 1.82) is 0 Å². The minimum absolute atomic E-state index is 0.0475. The monoisotopic (exact) mass is 298 g/mol. The maximum absolute atomic E-state index is 12.3. The van der Waals surface area contributed by atoms with E-state index in [4.69, 9.17) is 17.3 Å². The highest BCUT2D eigenvalue weighted by molar-refractivity contribution is 6.31. The number of halogens is 1. The molecule has 1 amide bonds. The number of aromatic nitrogens is 1. The number of amides is 1. The fourth-order valence-electron chi connectivity index (χ4n) is 2.28. The van der Waals surface area contributed by atoms with Crippen molar-refractivity contribution >= 4 is 28.4 Å². The summed E-state index contributed by atoms with van der Waals surface area (Å²) < 4.78 is 1.74. The first-order valence-electron chi connectivity index (χ1n) is 6.28. The van der Waals surface area contributed by atoms with Gasteiger partial charge in [-0.15, -0.1) is 0 Å². The second-order valence-electron chi connectivity index (χ2n) is 4.60. The molecule has 0 saturated heterocycles. The zero-order chi connectivity index (χ0) is 15.0. The van der Waals surface area contributed by atoms with Crippen molar-refractivity contribution in [2.45, 2.75) is 0 Å². The Morgan fingerprint density at radius 1 is 1.10 bits per heavy atom. The highest BCUT2D eigenvalue weighted by Gasteiger charge is 2.14. The van der Waals surface area contributed by atoms with Crippen molar-refractivity contribution in [2.75, 3.05) is 0 Å². The molecule has 104 valence electrons. The minimum atomic E-state index is -0.749. The van der Waals surface area contributed by atoms with Gasteiger partial charge in [0.15, 0.2) is 0 Å². The van der Waals surface area contributed by atoms with Crippen LogP contribution < -0.4 is 11.2 Å². The van der Waals surface area contributed by atoms with Crippen LogP contribution in [0, 0.1) is 0 Å². The van der Waals surface area contributed by atoms with Gasteiger partial charge in [0.05, 0.1) is 5.52 Å². The molecule has 21 heavy (non-hydrogen) atoms. The van der Waals surface area contributed by atoms with Crippen LogP contribution in [0.2, 0.25) is 5.02 Å². The molecule has 5 heteroatoms. The van der Waals surface area contributed by atoms with Gasteiger partial charge in [-0.2, -0.15) is 0 Å². The Bertz CT molecular complexity index is 901. The van der Waals surface area contributed by atoms with E-state index < -0.39 is 5.91 Å². The molecular weight excluding hydrogens is 288 g/mol. The number of carbonyl (C=O) groups excluding carboxylic acids is 1. The fraction of sp³-hybridized carbons (Fsp3) is 0. The standard InChI is InChI=1S/C16H11ClN2O2/c17-10-6-7-12-14(8-10)19(11-4-2-1-3-5-11)9-13(15(12)20)16(18)21/h1-9H,(H2,18,21). The number of nitrogens with zero attached hydrogens (tertiary/aromatic N) is 1. The molecular formula is C16H11ClN2O2. The van der Waals surface area contributed by atoms with Gasteiger partial charge in [0.1, 0.15) is 5.56 Å². The van der Waals surface area contributed by atoms with Gasteiger partial charge < -0.3 is 10.3 Å². The molecule has 3 aromatic rings. The van der Waals surface area contributed by atoms with E-state index in [1.807, 2.05) is 30.3 Å². The first-order valence-corrected chi connectivity index (χ1v) is 6.66. The average molecular weight is 299 g/mol. The van der Waals surface area contributed by atoms with Gasteiger partial charge in [0.25, 0.3) is 5.91 Å². The number of benzene rings is 2. The third-order valence-corrected chi connectivity index (χ3v) is 3.50. The molecule has 0 bridgehead atoms. The molecule has 0 saturated carbocycles. The largest absolute Gasteiger partial charge is 0.365 e. The molecule has 2 N–H and O–H groups in total. The van der Waals surface area contributed by atoms with E-state index in [1.54, 1.807) is 22.8 Å². The summed E-state index contributed by atoms with van der Waals surface area (Å²) in [4.78, 5) is 23.8. The van der Waals surface area contributed by atoms with Crippen LogP contribution in [0.25, 0.3) is 16.6 Å². The molecule has 4 nitrogen and oxygen atoms in total. The van der Waals surface area contributed by atoms with Crippen molar-refractivity contribution in [3.05, 3.63) is 75.5 Å². The van der Waals surface area contributed by atoms with Gasteiger partial charge in [-0.25, -0.2) is 0 Å². The van der Waals surface area contributed by atoms with Crippen molar-refractivity contribution in [1.82, 2.24) is 4.57 Å². The molecule has 0 radical (unpaired) electrons. The van der Waals surface area contributed by atoms with E-state index in [0.29, 0.717) is 15.9 Å². The van der Waals surface area contributed by atoms with Crippen LogP contribution >= 0.6 is 11.6 Å². The number of hydrogen-bond acceptors (Lipinski definition) is 2. The third-order valence-electron chi connectivity index (χ3n) is 3.27.